The van der Waals surface area contributed by atoms with Crippen molar-refractivity contribution in [2.24, 2.45) is 0 Å². The second-order valence-electron chi connectivity index (χ2n) is 6.93. The number of carbonyl (C=O) groups is 2. The summed E-state index contributed by atoms with van der Waals surface area (Å²) in [6, 6.07) is 13.3. The minimum absolute atomic E-state index is 0.0319. The van der Waals surface area contributed by atoms with Gasteiger partial charge < -0.3 is 14.7 Å². The van der Waals surface area contributed by atoms with Crippen LogP contribution in [-0.2, 0) is 0 Å². The van der Waals surface area contributed by atoms with Crippen LogP contribution in [0.2, 0.25) is 0 Å². The molecular formula is C22H25N2O3+. The Morgan fingerprint density at radius 3 is 2.33 bits per heavy atom. The first-order valence-corrected chi connectivity index (χ1v) is 9.07. The lowest BCUT2D eigenvalue weighted by molar-refractivity contribution is -0.705. The zero-order chi connectivity index (χ0) is 19.6. The standard InChI is InChI=1S/C22H24N2O3/c1-13-19(16(4)25)14(2)23-20(13)22(26)15(3)24-21(18-11-8-12-27-18)17-9-6-5-7-10-17/h5-12,15,21,23-24H,1-4H3/p+1/t15-,21+/m1/s1. The molecule has 0 spiro atoms. The fourth-order valence-corrected chi connectivity index (χ4v) is 3.63. The third kappa shape index (κ3) is 3.78. The van der Waals surface area contributed by atoms with Gasteiger partial charge in [-0.05, 0) is 45.4 Å². The fourth-order valence-electron chi connectivity index (χ4n) is 3.63. The third-order valence-corrected chi connectivity index (χ3v) is 4.94. The lowest BCUT2D eigenvalue weighted by atomic mass is 10.00. The Labute approximate surface area is 158 Å². The van der Waals surface area contributed by atoms with Crippen molar-refractivity contribution in [2.75, 3.05) is 0 Å². The Hall–Kier alpha value is -2.92. The highest BCUT2D eigenvalue weighted by Crippen LogP contribution is 2.21. The highest BCUT2D eigenvalue weighted by molar-refractivity contribution is 6.04. The summed E-state index contributed by atoms with van der Waals surface area (Å²) in [7, 11) is 0. The maximum absolute atomic E-state index is 13.1. The van der Waals surface area contributed by atoms with Crippen molar-refractivity contribution in [2.45, 2.75) is 39.8 Å². The van der Waals surface area contributed by atoms with Crippen LogP contribution >= 0.6 is 0 Å². The van der Waals surface area contributed by atoms with Crippen molar-refractivity contribution >= 4 is 11.6 Å². The van der Waals surface area contributed by atoms with Gasteiger partial charge in [-0.25, -0.2) is 0 Å². The summed E-state index contributed by atoms with van der Waals surface area (Å²) in [5.41, 5.74) is 3.64. The van der Waals surface area contributed by atoms with Gasteiger partial charge in [-0.2, -0.15) is 0 Å². The highest BCUT2D eigenvalue weighted by Gasteiger charge is 2.30. The quantitative estimate of drug-likeness (QED) is 0.630. The number of rotatable bonds is 7. The molecule has 0 radical (unpaired) electrons. The minimum Gasteiger partial charge on any atom is -0.463 e. The molecule has 3 rings (SSSR count). The molecule has 0 amide bonds. The Morgan fingerprint density at radius 1 is 1.07 bits per heavy atom. The topological polar surface area (TPSA) is 79.7 Å². The molecule has 0 unspecified atom stereocenters. The summed E-state index contributed by atoms with van der Waals surface area (Å²) in [5, 5.41) is 2.00. The number of hydrogen-bond acceptors (Lipinski definition) is 3. The molecule has 0 saturated carbocycles. The van der Waals surface area contributed by atoms with Gasteiger partial charge in [-0.3, -0.25) is 9.59 Å². The van der Waals surface area contributed by atoms with Crippen LogP contribution in [0.1, 0.15) is 63.3 Å². The number of furan rings is 1. The largest absolute Gasteiger partial charge is 0.463 e. The SMILES string of the molecule is CC(=O)c1c(C)[nH]c(C(=O)[C@@H](C)[NH2+][C@@H](c2ccccc2)c2ccco2)c1C. The zero-order valence-corrected chi connectivity index (χ0v) is 16.1. The number of benzene rings is 1. The van der Waals surface area contributed by atoms with E-state index >= 15 is 0 Å². The molecule has 5 heteroatoms. The number of quaternary nitrogens is 1. The van der Waals surface area contributed by atoms with E-state index in [0.29, 0.717) is 11.3 Å². The van der Waals surface area contributed by atoms with Crippen LogP contribution < -0.4 is 5.32 Å². The average molecular weight is 365 g/mol. The first kappa shape index (κ1) is 18.9. The predicted octanol–water partition coefficient (Wildman–Crippen LogP) is 3.35. The first-order valence-electron chi connectivity index (χ1n) is 9.07. The second-order valence-corrected chi connectivity index (χ2v) is 6.93. The summed E-state index contributed by atoms with van der Waals surface area (Å²) in [5.74, 6) is 0.731. The highest BCUT2D eigenvalue weighted by atomic mass is 16.3. The lowest BCUT2D eigenvalue weighted by Crippen LogP contribution is -2.92. The molecule has 2 heterocycles. The van der Waals surface area contributed by atoms with Gasteiger partial charge in [-0.15, -0.1) is 0 Å². The predicted molar refractivity (Wildman–Crippen MR) is 103 cm³/mol. The van der Waals surface area contributed by atoms with Gasteiger partial charge in [0.05, 0.1) is 12.0 Å². The number of nitrogens with one attached hydrogen (secondary N) is 1. The van der Waals surface area contributed by atoms with Crippen molar-refractivity contribution in [1.29, 1.82) is 0 Å². The molecule has 0 bridgehead atoms. The van der Waals surface area contributed by atoms with Crippen LogP contribution in [0.5, 0.6) is 0 Å². The van der Waals surface area contributed by atoms with Crippen LogP contribution in [0.25, 0.3) is 0 Å². The van der Waals surface area contributed by atoms with E-state index in [9.17, 15) is 9.59 Å². The van der Waals surface area contributed by atoms with E-state index in [4.69, 9.17) is 4.42 Å². The molecule has 140 valence electrons. The van der Waals surface area contributed by atoms with Crippen molar-refractivity contribution < 1.29 is 19.3 Å². The molecule has 2 atom stereocenters. The van der Waals surface area contributed by atoms with Gasteiger partial charge in [0.15, 0.2) is 17.6 Å². The number of hydrogen-bond donors (Lipinski definition) is 2. The molecule has 0 aliphatic carbocycles. The Morgan fingerprint density at radius 2 is 1.78 bits per heavy atom. The number of nitrogens with two attached hydrogens (primary N) is 1. The molecule has 0 aliphatic heterocycles. The number of Topliss-reactive ketones (excluding diaryl/α,β-unsaturated/α-hetero) is 2. The van der Waals surface area contributed by atoms with Gasteiger partial charge in [0.1, 0.15) is 6.04 Å². The van der Waals surface area contributed by atoms with E-state index in [2.05, 4.69) is 4.98 Å². The van der Waals surface area contributed by atoms with Crippen molar-refractivity contribution in [1.82, 2.24) is 4.98 Å². The molecule has 0 fully saturated rings. The van der Waals surface area contributed by atoms with E-state index in [1.807, 2.05) is 68.6 Å². The van der Waals surface area contributed by atoms with Gasteiger partial charge in [0.25, 0.3) is 0 Å². The van der Waals surface area contributed by atoms with Gasteiger partial charge in [-0.1, -0.05) is 30.3 Å². The van der Waals surface area contributed by atoms with E-state index < -0.39 is 0 Å². The molecule has 0 saturated heterocycles. The van der Waals surface area contributed by atoms with Crippen LogP contribution in [-0.4, -0.2) is 22.6 Å². The van der Waals surface area contributed by atoms with Crippen molar-refractivity contribution in [3.05, 3.63) is 82.6 Å². The van der Waals surface area contributed by atoms with Crippen LogP contribution in [0.3, 0.4) is 0 Å². The summed E-state index contributed by atoms with van der Waals surface area (Å²) in [6.07, 6.45) is 1.64. The maximum Gasteiger partial charge on any atom is 0.235 e. The second kappa shape index (κ2) is 7.76. The normalized spacial score (nSPS) is 13.3. The molecule has 0 aliphatic rings. The molecular weight excluding hydrogens is 340 g/mol. The lowest BCUT2D eigenvalue weighted by Gasteiger charge is -2.18. The van der Waals surface area contributed by atoms with E-state index in [-0.39, 0.29) is 23.7 Å². The Kier molecular flexibility index (Phi) is 5.42. The monoisotopic (exact) mass is 365 g/mol. The zero-order valence-electron chi connectivity index (χ0n) is 16.1. The number of aryl methyl sites for hydroxylation is 1. The smallest absolute Gasteiger partial charge is 0.235 e. The number of ketones is 2. The van der Waals surface area contributed by atoms with Gasteiger partial charge in [0, 0.05) is 16.8 Å². The van der Waals surface area contributed by atoms with Crippen molar-refractivity contribution in [3.8, 4) is 0 Å². The van der Waals surface area contributed by atoms with E-state index in [1.165, 1.54) is 6.92 Å². The van der Waals surface area contributed by atoms with Crippen LogP contribution in [0.15, 0.2) is 53.1 Å². The average Bonchev–Trinajstić information content (AvgIpc) is 3.27. The van der Waals surface area contributed by atoms with Gasteiger partial charge in [0.2, 0.25) is 5.78 Å². The summed E-state index contributed by atoms with van der Waals surface area (Å²) < 4.78 is 5.62. The number of carbonyl (C=O) groups excluding carboxylic acids is 2. The van der Waals surface area contributed by atoms with Crippen molar-refractivity contribution in [3.63, 3.8) is 0 Å². The molecule has 1 aromatic carbocycles. The van der Waals surface area contributed by atoms with Gasteiger partial charge >= 0.3 is 0 Å². The molecule has 2 aromatic heterocycles. The van der Waals surface area contributed by atoms with E-state index in [1.54, 1.807) is 6.26 Å². The van der Waals surface area contributed by atoms with Crippen LogP contribution in [0, 0.1) is 13.8 Å². The number of aromatic nitrogens is 1. The summed E-state index contributed by atoms with van der Waals surface area (Å²) >= 11 is 0. The fraction of sp³-hybridized carbons (Fsp3) is 0.273. The molecule has 3 aromatic rings. The van der Waals surface area contributed by atoms with Crippen LogP contribution in [0.4, 0.5) is 0 Å². The summed E-state index contributed by atoms with van der Waals surface area (Å²) in [6.45, 7) is 7.05. The molecule has 27 heavy (non-hydrogen) atoms. The Bertz CT molecular complexity index is 940. The Balaban J connectivity index is 1.88. The first-order chi connectivity index (χ1) is 12.9. The molecule has 5 nitrogen and oxygen atoms in total. The number of aromatic amines is 1. The molecule has 3 N–H and O–H groups in total. The third-order valence-electron chi connectivity index (χ3n) is 4.94. The summed E-state index contributed by atoms with van der Waals surface area (Å²) in [4.78, 5) is 28.1. The van der Waals surface area contributed by atoms with E-state index in [0.717, 1.165) is 22.6 Å². The maximum atomic E-state index is 13.1. The minimum atomic E-state index is -0.350. The number of H-pyrrole nitrogens is 1.